The Morgan fingerprint density at radius 1 is 0.871 bits per heavy atom. The van der Waals surface area contributed by atoms with Crippen LogP contribution in [0.3, 0.4) is 0 Å². The minimum atomic E-state index is -0.683. The fourth-order valence-electron chi connectivity index (χ4n) is 3.55. The second-order valence-electron chi connectivity index (χ2n) is 7.94. The first-order valence-electron chi connectivity index (χ1n) is 10.5. The van der Waals surface area contributed by atoms with Crippen molar-refractivity contribution in [2.45, 2.75) is 40.0 Å². The van der Waals surface area contributed by atoms with E-state index in [4.69, 9.17) is 14.5 Å². The zero-order valence-electron chi connectivity index (χ0n) is 18.2. The van der Waals surface area contributed by atoms with Crippen molar-refractivity contribution in [3.8, 4) is 11.5 Å². The minimum Gasteiger partial charge on any atom is -0.491 e. The molecule has 0 saturated carbocycles. The number of nitrogens with zero attached hydrogens (tertiary/aromatic N) is 2. The Labute approximate surface area is 182 Å². The molecular formula is C26H28N2O3. The van der Waals surface area contributed by atoms with Gasteiger partial charge in [-0.3, -0.25) is 0 Å². The van der Waals surface area contributed by atoms with Crippen LogP contribution >= 0.6 is 0 Å². The summed E-state index contributed by atoms with van der Waals surface area (Å²) in [7, 11) is 0. The second kappa shape index (κ2) is 9.23. The summed E-state index contributed by atoms with van der Waals surface area (Å²) < 4.78 is 13.8. The summed E-state index contributed by atoms with van der Waals surface area (Å²) in [6.45, 7) is 7.05. The first-order chi connectivity index (χ1) is 15.0. The third kappa shape index (κ3) is 5.06. The van der Waals surface area contributed by atoms with Crippen LogP contribution in [0.25, 0.3) is 11.0 Å². The SMILES string of the molecule is Cc1cccc(OCc2nc3ccccc3n2C[C@@H](O)COc2ccc(C)c(C)c2)c1. The van der Waals surface area contributed by atoms with E-state index in [0.29, 0.717) is 13.2 Å². The average molecular weight is 417 g/mol. The van der Waals surface area contributed by atoms with Gasteiger partial charge in [0.15, 0.2) is 0 Å². The van der Waals surface area contributed by atoms with Crippen LogP contribution in [0.4, 0.5) is 0 Å². The van der Waals surface area contributed by atoms with E-state index in [1.165, 1.54) is 11.1 Å². The second-order valence-corrected chi connectivity index (χ2v) is 7.94. The number of para-hydroxylation sites is 2. The third-order valence-electron chi connectivity index (χ3n) is 5.41. The van der Waals surface area contributed by atoms with Crippen LogP contribution < -0.4 is 9.47 Å². The number of hydrogen-bond acceptors (Lipinski definition) is 4. The molecule has 4 rings (SSSR count). The van der Waals surface area contributed by atoms with E-state index in [9.17, 15) is 5.11 Å². The molecule has 1 atom stereocenters. The molecule has 0 aliphatic carbocycles. The van der Waals surface area contributed by atoms with Gasteiger partial charge in [0.1, 0.15) is 36.6 Å². The van der Waals surface area contributed by atoms with Crippen molar-refractivity contribution < 1.29 is 14.6 Å². The summed E-state index contributed by atoms with van der Waals surface area (Å²) in [5.41, 5.74) is 5.38. The average Bonchev–Trinajstić information content (AvgIpc) is 3.10. The lowest BCUT2D eigenvalue weighted by Gasteiger charge is -2.16. The predicted molar refractivity (Wildman–Crippen MR) is 123 cm³/mol. The van der Waals surface area contributed by atoms with E-state index in [-0.39, 0.29) is 6.61 Å². The maximum absolute atomic E-state index is 10.7. The van der Waals surface area contributed by atoms with Crippen molar-refractivity contribution in [2.24, 2.45) is 0 Å². The van der Waals surface area contributed by atoms with E-state index < -0.39 is 6.10 Å². The van der Waals surface area contributed by atoms with Gasteiger partial charge in [0.2, 0.25) is 0 Å². The first kappa shape index (κ1) is 20.9. The molecule has 4 aromatic rings. The van der Waals surface area contributed by atoms with Gasteiger partial charge in [-0.1, -0.05) is 30.3 Å². The molecule has 0 aliphatic rings. The van der Waals surface area contributed by atoms with Gasteiger partial charge in [0.05, 0.1) is 17.6 Å². The molecule has 160 valence electrons. The van der Waals surface area contributed by atoms with E-state index in [1.54, 1.807) is 0 Å². The molecule has 0 aliphatic heterocycles. The van der Waals surface area contributed by atoms with Crippen LogP contribution in [-0.2, 0) is 13.2 Å². The predicted octanol–water partition coefficient (Wildman–Crippen LogP) is 4.98. The molecule has 0 bridgehead atoms. The maximum Gasteiger partial charge on any atom is 0.148 e. The topological polar surface area (TPSA) is 56.5 Å². The van der Waals surface area contributed by atoms with Crippen molar-refractivity contribution in [3.63, 3.8) is 0 Å². The number of aromatic nitrogens is 2. The number of benzene rings is 3. The van der Waals surface area contributed by atoms with Crippen LogP contribution in [0.15, 0.2) is 66.7 Å². The molecule has 0 saturated heterocycles. The normalized spacial score (nSPS) is 12.1. The highest BCUT2D eigenvalue weighted by molar-refractivity contribution is 5.75. The van der Waals surface area contributed by atoms with Gasteiger partial charge >= 0.3 is 0 Å². The van der Waals surface area contributed by atoms with Crippen LogP contribution in [-0.4, -0.2) is 27.4 Å². The highest BCUT2D eigenvalue weighted by atomic mass is 16.5. The molecule has 31 heavy (non-hydrogen) atoms. The molecule has 1 aromatic heterocycles. The summed E-state index contributed by atoms with van der Waals surface area (Å²) in [5.74, 6) is 2.34. The summed E-state index contributed by atoms with van der Waals surface area (Å²) >= 11 is 0. The van der Waals surface area contributed by atoms with Gasteiger partial charge in [-0.05, 0) is 73.9 Å². The molecule has 3 aromatic carbocycles. The molecular weight excluding hydrogens is 388 g/mol. The maximum atomic E-state index is 10.7. The molecule has 1 heterocycles. The Hall–Kier alpha value is -3.31. The van der Waals surface area contributed by atoms with Gasteiger partial charge in [0.25, 0.3) is 0 Å². The molecule has 0 spiro atoms. The van der Waals surface area contributed by atoms with E-state index in [0.717, 1.165) is 33.9 Å². The molecule has 0 fully saturated rings. The highest BCUT2D eigenvalue weighted by Gasteiger charge is 2.15. The van der Waals surface area contributed by atoms with Crippen LogP contribution in [0.1, 0.15) is 22.5 Å². The summed E-state index contributed by atoms with van der Waals surface area (Å²) in [5, 5.41) is 10.7. The third-order valence-corrected chi connectivity index (χ3v) is 5.41. The Morgan fingerprint density at radius 2 is 1.68 bits per heavy atom. The number of rotatable bonds is 8. The van der Waals surface area contributed by atoms with Crippen molar-refractivity contribution in [1.29, 1.82) is 0 Å². The van der Waals surface area contributed by atoms with Crippen LogP contribution in [0.2, 0.25) is 0 Å². The van der Waals surface area contributed by atoms with Gasteiger partial charge < -0.3 is 19.1 Å². The smallest absolute Gasteiger partial charge is 0.148 e. The van der Waals surface area contributed by atoms with Gasteiger partial charge in [-0.2, -0.15) is 0 Å². The van der Waals surface area contributed by atoms with Gasteiger partial charge in [-0.25, -0.2) is 4.98 Å². The molecule has 1 N–H and O–H groups in total. The molecule has 0 radical (unpaired) electrons. The molecule has 5 nitrogen and oxygen atoms in total. The van der Waals surface area contributed by atoms with Crippen molar-refractivity contribution in [2.75, 3.05) is 6.61 Å². The highest BCUT2D eigenvalue weighted by Crippen LogP contribution is 2.21. The number of aryl methyl sites for hydroxylation is 3. The zero-order valence-corrected chi connectivity index (χ0v) is 18.2. The fourth-order valence-corrected chi connectivity index (χ4v) is 3.55. The summed E-state index contributed by atoms with van der Waals surface area (Å²) in [4.78, 5) is 4.73. The standard InChI is InChI=1S/C26H28N2O3/c1-18-7-6-8-22(13-18)31-17-26-27-24-9-4-5-10-25(24)28(26)15-21(29)16-30-23-12-11-19(2)20(3)14-23/h4-14,21,29H,15-17H2,1-3H3/t21-/m1/s1. The first-order valence-corrected chi connectivity index (χ1v) is 10.5. The lowest BCUT2D eigenvalue weighted by atomic mass is 10.1. The van der Waals surface area contributed by atoms with E-state index in [1.807, 2.05) is 78.2 Å². The van der Waals surface area contributed by atoms with E-state index >= 15 is 0 Å². The van der Waals surface area contributed by atoms with Crippen LogP contribution in [0.5, 0.6) is 11.5 Å². The molecule has 5 heteroatoms. The van der Waals surface area contributed by atoms with Crippen molar-refractivity contribution >= 4 is 11.0 Å². The summed E-state index contributed by atoms with van der Waals surface area (Å²) in [6.07, 6.45) is -0.683. The number of aliphatic hydroxyl groups excluding tert-OH is 1. The van der Waals surface area contributed by atoms with E-state index in [2.05, 4.69) is 13.8 Å². The number of aliphatic hydroxyl groups is 1. The zero-order chi connectivity index (χ0) is 21.8. The largest absolute Gasteiger partial charge is 0.491 e. The van der Waals surface area contributed by atoms with Gasteiger partial charge in [0, 0.05) is 0 Å². The summed E-state index contributed by atoms with van der Waals surface area (Å²) in [6, 6.07) is 21.8. The number of imidazole rings is 1. The fraction of sp³-hybridized carbons (Fsp3) is 0.269. The quantitative estimate of drug-likeness (QED) is 0.440. The monoisotopic (exact) mass is 416 g/mol. The van der Waals surface area contributed by atoms with Crippen LogP contribution in [0, 0.1) is 20.8 Å². The number of fused-ring (bicyclic) bond motifs is 1. The Bertz CT molecular complexity index is 1180. The Balaban J connectivity index is 1.48. The molecule has 0 amide bonds. The van der Waals surface area contributed by atoms with Gasteiger partial charge in [-0.15, -0.1) is 0 Å². The molecule has 0 unspecified atom stereocenters. The minimum absolute atomic E-state index is 0.202. The Kier molecular flexibility index (Phi) is 6.23. The number of ether oxygens (including phenoxy) is 2. The van der Waals surface area contributed by atoms with Crippen molar-refractivity contribution in [1.82, 2.24) is 9.55 Å². The Morgan fingerprint density at radius 3 is 2.48 bits per heavy atom. The number of hydrogen-bond donors (Lipinski definition) is 1. The lowest BCUT2D eigenvalue weighted by Crippen LogP contribution is -2.25. The van der Waals surface area contributed by atoms with Crippen molar-refractivity contribution in [3.05, 3.63) is 89.2 Å². The lowest BCUT2D eigenvalue weighted by molar-refractivity contribution is 0.0917.